The largest absolute Gasteiger partial charge is 0.488 e. The summed E-state index contributed by atoms with van der Waals surface area (Å²) in [6, 6.07) is 5.30. The molecule has 1 unspecified atom stereocenters. The van der Waals surface area contributed by atoms with Crippen LogP contribution < -0.4 is 9.64 Å². The highest BCUT2D eigenvalue weighted by Gasteiger charge is 2.34. The molecule has 0 bridgehead atoms. The van der Waals surface area contributed by atoms with Crippen molar-refractivity contribution in [1.82, 2.24) is 4.90 Å². The summed E-state index contributed by atoms with van der Waals surface area (Å²) in [5.41, 5.74) is 0.646. The van der Waals surface area contributed by atoms with Crippen LogP contribution in [0.5, 0.6) is 5.75 Å². The third-order valence-corrected chi connectivity index (χ3v) is 4.15. The zero-order chi connectivity index (χ0) is 15.7. The van der Waals surface area contributed by atoms with Crippen LogP contribution in [0.15, 0.2) is 18.2 Å². The monoisotopic (exact) mass is 324 g/mol. The van der Waals surface area contributed by atoms with E-state index in [0.717, 1.165) is 0 Å². The molecule has 3 rings (SSSR count). The number of hydrogen-bond donors (Lipinski definition) is 0. The molecule has 22 heavy (non-hydrogen) atoms. The number of morpholine rings is 1. The van der Waals surface area contributed by atoms with Crippen LogP contribution in [0.1, 0.15) is 6.92 Å². The van der Waals surface area contributed by atoms with Crippen LogP contribution in [-0.4, -0.2) is 55.7 Å². The van der Waals surface area contributed by atoms with Gasteiger partial charge in [0, 0.05) is 13.5 Å². The summed E-state index contributed by atoms with van der Waals surface area (Å²) in [6.07, 6.45) is -0.650. The SMILES string of the molecule is CC(=O)N1CCOC(C(=O)N2CCOc3c(Cl)cccc32)C1. The van der Waals surface area contributed by atoms with E-state index in [-0.39, 0.29) is 18.4 Å². The van der Waals surface area contributed by atoms with Gasteiger partial charge < -0.3 is 19.3 Å². The first-order chi connectivity index (χ1) is 10.6. The van der Waals surface area contributed by atoms with Gasteiger partial charge in [-0.25, -0.2) is 0 Å². The van der Waals surface area contributed by atoms with Gasteiger partial charge in [0.25, 0.3) is 5.91 Å². The van der Waals surface area contributed by atoms with Gasteiger partial charge >= 0.3 is 0 Å². The van der Waals surface area contributed by atoms with E-state index in [1.807, 2.05) is 0 Å². The molecule has 0 radical (unpaired) electrons. The first-order valence-corrected chi connectivity index (χ1v) is 7.55. The fraction of sp³-hybridized carbons (Fsp3) is 0.467. The van der Waals surface area contributed by atoms with Crippen LogP contribution in [0.2, 0.25) is 5.02 Å². The number of halogens is 1. The average Bonchev–Trinajstić information content (AvgIpc) is 2.54. The van der Waals surface area contributed by atoms with Gasteiger partial charge in [-0.15, -0.1) is 0 Å². The molecule has 0 spiro atoms. The summed E-state index contributed by atoms with van der Waals surface area (Å²) in [5.74, 6) is 0.298. The van der Waals surface area contributed by atoms with Crippen LogP contribution in [0.3, 0.4) is 0 Å². The molecular formula is C15H17ClN2O4. The molecule has 0 aliphatic carbocycles. The van der Waals surface area contributed by atoms with E-state index in [1.54, 1.807) is 28.0 Å². The Labute approximate surface area is 133 Å². The number of benzene rings is 1. The molecule has 2 aliphatic heterocycles. The number of para-hydroxylation sites is 1. The van der Waals surface area contributed by atoms with E-state index in [0.29, 0.717) is 42.8 Å². The highest BCUT2D eigenvalue weighted by molar-refractivity contribution is 6.32. The van der Waals surface area contributed by atoms with Gasteiger partial charge in [0.2, 0.25) is 5.91 Å². The number of carbonyl (C=O) groups excluding carboxylic acids is 2. The molecule has 1 aromatic rings. The van der Waals surface area contributed by atoms with E-state index < -0.39 is 6.10 Å². The Bertz CT molecular complexity index is 607. The van der Waals surface area contributed by atoms with E-state index in [2.05, 4.69) is 0 Å². The maximum atomic E-state index is 12.8. The van der Waals surface area contributed by atoms with E-state index in [1.165, 1.54) is 6.92 Å². The predicted molar refractivity (Wildman–Crippen MR) is 81.3 cm³/mol. The lowest BCUT2D eigenvalue weighted by Crippen LogP contribution is -2.53. The molecule has 1 saturated heterocycles. The molecule has 6 nitrogen and oxygen atoms in total. The van der Waals surface area contributed by atoms with Gasteiger partial charge in [0.1, 0.15) is 6.61 Å². The fourth-order valence-electron chi connectivity index (χ4n) is 2.70. The second-order valence-electron chi connectivity index (χ2n) is 5.25. The first-order valence-electron chi connectivity index (χ1n) is 7.17. The van der Waals surface area contributed by atoms with Crippen molar-refractivity contribution in [3.63, 3.8) is 0 Å². The molecule has 1 atom stereocenters. The van der Waals surface area contributed by atoms with Crippen molar-refractivity contribution in [1.29, 1.82) is 0 Å². The summed E-state index contributed by atoms with van der Waals surface area (Å²) in [6.45, 7) is 3.48. The zero-order valence-corrected chi connectivity index (χ0v) is 13.0. The van der Waals surface area contributed by atoms with Crippen LogP contribution in [0.4, 0.5) is 5.69 Å². The maximum absolute atomic E-state index is 12.8. The van der Waals surface area contributed by atoms with Crippen LogP contribution in [0, 0.1) is 0 Å². The van der Waals surface area contributed by atoms with Crippen molar-refractivity contribution in [2.24, 2.45) is 0 Å². The standard InChI is InChI=1S/C15H17ClN2O4/c1-10(19)17-5-7-21-13(9-17)15(20)18-6-8-22-14-11(16)3-2-4-12(14)18/h2-4,13H,5-9H2,1H3. The average molecular weight is 325 g/mol. The lowest BCUT2D eigenvalue weighted by molar-refractivity contribution is -0.144. The molecule has 2 heterocycles. The Morgan fingerprint density at radius 2 is 2.09 bits per heavy atom. The number of amides is 2. The van der Waals surface area contributed by atoms with Gasteiger partial charge in [-0.1, -0.05) is 17.7 Å². The number of anilines is 1. The second kappa shape index (κ2) is 6.14. The van der Waals surface area contributed by atoms with E-state index in [9.17, 15) is 9.59 Å². The summed E-state index contributed by atoms with van der Waals surface area (Å²) < 4.78 is 11.1. The zero-order valence-electron chi connectivity index (χ0n) is 12.3. The van der Waals surface area contributed by atoms with Crippen molar-refractivity contribution in [2.75, 3.05) is 37.7 Å². The normalized spacial score (nSPS) is 21.1. The molecule has 1 fully saturated rings. The quantitative estimate of drug-likeness (QED) is 0.781. The van der Waals surface area contributed by atoms with Gasteiger partial charge in [0.05, 0.1) is 30.4 Å². The van der Waals surface area contributed by atoms with Crippen LogP contribution >= 0.6 is 11.6 Å². The number of ether oxygens (including phenoxy) is 2. The van der Waals surface area contributed by atoms with Crippen molar-refractivity contribution >= 4 is 29.1 Å². The minimum atomic E-state index is -0.650. The minimum Gasteiger partial charge on any atom is -0.488 e. The lowest BCUT2D eigenvalue weighted by atomic mass is 10.2. The lowest BCUT2D eigenvalue weighted by Gasteiger charge is -2.36. The Hall–Kier alpha value is -1.79. The number of nitrogens with zero attached hydrogens (tertiary/aromatic N) is 2. The molecule has 2 aliphatic rings. The Morgan fingerprint density at radius 3 is 2.86 bits per heavy atom. The fourth-order valence-corrected chi connectivity index (χ4v) is 2.92. The molecule has 7 heteroatoms. The minimum absolute atomic E-state index is 0.0495. The third kappa shape index (κ3) is 2.76. The first kappa shape index (κ1) is 15.1. The van der Waals surface area contributed by atoms with E-state index >= 15 is 0 Å². The van der Waals surface area contributed by atoms with Crippen molar-refractivity contribution in [3.8, 4) is 5.75 Å². The van der Waals surface area contributed by atoms with Crippen LogP contribution in [-0.2, 0) is 14.3 Å². The topological polar surface area (TPSA) is 59.1 Å². The molecule has 118 valence electrons. The van der Waals surface area contributed by atoms with Gasteiger partial charge in [-0.2, -0.15) is 0 Å². The molecular weight excluding hydrogens is 308 g/mol. The van der Waals surface area contributed by atoms with Crippen molar-refractivity contribution in [2.45, 2.75) is 13.0 Å². The molecule has 1 aromatic carbocycles. The van der Waals surface area contributed by atoms with Gasteiger partial charge in [0.15, 0.2) is 11.9 Å². The number of carbonyl (C=O) groups is 2. The van der Waals surface area contributed by atoms with Crippen molar-refractivity contribution < 1.29 is 19.1 Å². The highest BCUT2D eigenvalue weighted by Crippen LogP contribution is 2.38. The number of hydrogen-bond acceptors (Lipinski definition) is 4. The predicted octanol–water partition coefficient (Wildman–Crippen LogP) is 1.31. The Balaban J connectivity index is 1.82. The second-order valence-corrected chi connectivity index (χ2v) is 5.66. The highest BCUT2D eigenvalue weighted by atomic mass is 35.5. The molecule has 2 amide bonds. The smallest absolute Gasteiger partial charge is 0.258 e. The maximum Gasteiger partial charge on any atom is 0.258 e. The van der Waals surface area contributed by atoms with Gasteiger partial charge in [-0.05, 0) is 12.1 Å². The third-order valence-electron chi connectivity index (χ3n) is 3.85. The molecule has 0 saturated carbocycles. The van der Waals surface area contributed by atoms with Gasteiger partial charge in [-0.3, -0.25) is 9.59 Å². The summed E-state index contributed by atoms with van der Waals surface area (Å²) >= 11 is 6.12. The van der Waals surface area contributed by atoms with E-state index in [4.69, 9.17) is 21.1 Å². The number of rotatable bonds is 1. The van der Waals surface area contributed by atoms with Crippen molar-refractivity contribution in [3.05, 3.63) is 23.2 Å². The Morgan fingerprint density at radius 1 is 1.27 bits per heavy atom. The number of fused-ring (bicyclic) bond motifs is 1. The summed E-state index contributed by atoms with van der Waals surface area (Å²) in [5, 5.41) is 0.477. The molecule has 0 N–H and O–H groups in total. The summed E-state index contributed by atoms with van der Waals surface area (Å²) in [4.78, 5) is 27.5. The summed E-state index contributed by atoms with van der Waals surface area (Å²) in [7, 11) is 0. The van der Waals surface area contributed by atoms with Crippen LogP contribution in [0.25, 0.3) is 0 Å². The molecule has 0 aromatic heterocycles. The Kier molecular flexibility index (Phi) is 4.22.